The van der Waals surface area contributed by atoms with Crippen LogP contribution in [0.25, 0.3) is 0 Å². The summed E-state index contributed by atoms with van der Waals surface area (Å²) in [5.74, 6) is 0.498. The summed E-state index contributed by atoms with van der Waals surface area (Å²) >= 11 is 0. The van der Waals surface area contributed by atoms with E-state index in [1.165, 1.54) is 0 Å². The Morgan fingerprint density at radius 1 is 1.63 bits per heavy atom. The Morgan fingerprint density at radius 3 is 3.11 bits per heavy atom. The third kappa shape index (κ3) is 3.52. The van der Waals surface area contributed by atoms with Crippen molar-refractivity contribution in [1.82, 2.24) is 9.88 Å². The van der Waals surface area contributed by atoms with Crippen molar-refractivity contribution in [2.75, 3.05) is 25.4 Å². The van der Waals surface area contributed by atoms with Crippen LogP contribution in [0.4, 0.5) is 5.82 Å². The molecule has 19 heavy (non-hydrogen) atoms. The van der Waals surface area contributed by atoms with Gasteiger partial charge in [-0.05, 0) is 19.9 Å². The average Bonchev–Trinajstić information content (AvgIpc) is 2.41. The second-order valence-electron chi connectivity index (χ2n) is 5.14. The van der Waals surface area contributed by atoms with Gasteiger partial charge in [0.1, 0.15) is 11.9 Å². The van der Waals surface area contributed by atoms with Gasteiger partial charge in [-0.25, -0.2) is 4.98 Å². The number of nitrogen functional groups attached to an aromatic ring is 1. The van der Waals surface area contributed by atoms with E-state index in [9.17, 15) is 4.79 Å². The maximum Gasteiger partial charge on any atom is 0.167 e. The lowest BCUT2D eigenvalue weighted by Crippen LogP contribution is -2.49. The number of ketones is 1. The fraction of sp³-hybridized carbons (Fsp3) is 0.571. The maximum atomic E-state index is 12.3. The Bertz CT molecular complexity index is 448. The first-order chi connectivity index (χ1) is 9.08. The van der Waals surface area contributed by atoms with Crippen molar-refractivity contribution in [1.29, 1.82) is 0 Å². The number of nitrogens with two attached hydrogens (primary N) is 1. The lowest BCUT2D eigenvalue weighted by atomic mass is 10.0. The van der Waals surface area contributed by atoms with E-state index >= 15 is 0 Å². The summed E-state index contributed by atoms with van der Waals surface area (Å²) in [6, 6.07) is 4.06. The van der Waals surface area contributed by atoms with Crippen molar-refractivity contribution in [3.8, 4) is 0 Å². The van der Waals surface area contributed by atoms with Gasteiger partial charge in [0.25, 0.3) is 0 Å². The van der Waals surface area contributed by atoms with E-state index in [4.69, 9.17) is 10.5 Å². The number of Topliss-reactive ketones (excluding diaryl/α,β-unsaturated/α-hetero) is 1. The molecule has 0 bridgehead atoms. The number of nitrogens with zero attached hydrogens (tertiary/aromatic N) is 2. The Kier molecular flexibility index (Phi) is 4.50. The van der Waals surface area contributed by atoms with Crippen molar-refractivity contribution < 1.29 is 9.53 Å². The highest BCUT2D eigenvalue weighted by Gasteiger charge is 2.27. The molecule has 2 rings (SSSR count). The first-order valence-corrected chi connectivity index (χ1v) is 6.65. The van der Waals surface area contributed by atoms with Crippen molar-refractivity contribution in [2.24, 2.45) is 0 Å². The van der Waals surface area contributed by atoms with Gasteiger partial charge < -0.3 is 10.5 Å². The molecule has 1 fully saturated rings. The molecule has 1 atom stereocenters. The summed E-state index contributed by atoms with van der Waals surface area (Å²) in [4.78, 5) is 18.5. The topological polar surface area (TPSA) is 68.5 Å². The summed E-state index contributed by atoms with van der Waals surface area (Å²) in [6.07, 6.45) is 1.56. The van der Waals surface area contributed by atoms with Crippen LogP contribution in [0.2, 0.25) is 0 Å². The van der Waals surface area contributed by atoms with Crippen molar-refractivity contribution in [3.05, 3.63) is 23.9 Å². The number of rotatable bonds is 4. The molecular formula is C14H21N3O2. The van der Waals surface area contributed by atoms with Gasteiger partial charge in [0.15, 0.2) is 5.78 Å². The molecule has 5 nitrogen and oxygen atoms in total. The molecule has 2 heterocycles. The minimum Gasteiger partial charge on any atom is -0.383 e. The molecule has 0 aromatic carbocycles. The molecule has 0 aliphatic carbocycles. The van der Waals surface area contributed by atoms with Gasteiger partial charge in [0, 0.05) is 37.3 Å². The van der Waals surface area contributed by atoms with Gasteiger partial charge in [-0.2, -0.15) is 0 Å². The SMILES string of the molecule is CC(C)N1CCOC(C(=O)Cc2cccnc2N)C1. The van der Waals surface area contributed by atoms with Crippen molar-refractivity contribution in [2.45, 2.75) is 32.4 Å². The number of anilines is 1. The van der Waals surface area contributed by atoms with E-state index in [0.29, 0.717) is 25.0 Å². The van der Waals surface area contributed by atoms with Gasteiger partial charge in [-0.3, -0.25) is 9.69 Å². The van der Waals surface area contributed by atoms with Crippen LogP contribution in [-0.4, -0.2) is 47.5 Å². The van der Waals surface area contributed by atoms with Gasteiger partial charge in [0.05, 0.1) is 6.61 Å². The zero-order valence-corrected chi connectivity index (χ0v) is 11.5. The van der Waals surface area contributed by atoms with Crippen LogP contribution in [0.5, 0.6) is 0 Å². The van der Waals surface area contributed by atoms with Crippen LogP contribution in [0.1, 0.15) is 19.4 Å². The number of ether oxygens (including phenoxy) is 1. The molecule has 1 aromatic heterocycles. The molecule has 1 aliphatic rings. The summed E-state index contributed by atoms with van der Waals surface area (Å²) in [5, 5.41) is 0. The normalized spacial score (nSPS) is 20.7. The first-order valence-electron chi connectivity index (χ1n) is 6.65. The van der Waals surface area contributed by atoms with Crippen molar-refractivity contribution >= 4 is 11.6 Å². The number of carbonyl (C=O) groups excluding carboxylic acids is 1. The minimum atomic E-state index is -0.351. The summed E-state index contributed by atoms with van der Waals surface area (Å²) in [6.45, 7) is 6.42. The molecule has 0 amide bonds. The highest BCUT2D eigenvalue weighted by atomic mass is 16.5. The van der Waals surface area contributed by atoms with E-state index in [-0.39, 0.29) is 18.3 Å². The second-order valence-corrected chi connectivity index (χ2v) is 5.14. The molecule has 1 aromatic rings. The van der Waals surface area contributed by atoms with Crippen LogP contribution >= 0.6 is 0 Å². The summed E-state index contributed by atoms with van der Waals surface area (Å²) < 4.78 is 5.58. The zero-order valence-electron chi connectivity index (χ0n) is 11.5. The number of morpholine rings is 1. The quantitative estimate of drug-likeness (QED) is 0.873. The molecular weight excluding hydrogens is 242 g/mol. The molecule has 104 valence electrons. The van der Waals surface area contributed by atoms with E-state index in [1.54, 1.807) is 12.3 Å². The van der Waals surface area contributed by atoms with Gasteiger partial charge >= 0.3 is 0 Å². The first kappa shape index (κ1) is 14.0. The molecule has 2 N–H and O–H groups in total. The van der Waals surface area contributed by atoms with E-state index < -0.39 is 0 Å². The standard InChI is InChI=1S/C14H21N3O2/c1-10(2)17-6-7-19-13(9-17)12(18)8-11-4-3-5-16-14(11)15/h3-5,10,13H,6-9H2,1-2H3,(H2,15,16). The number of pyridine rings is 1. The van der Waals surface area contributed by atoms with Crippen LogP contribution in [-0.2, 0) is 16.0 Å². The lowest BCUT2D eigenvalue weighted by molar-refractivity contribution is -0.136. The highest BCUT2D eigenvalue weighted by Crippen LogP contribution is 2.14. The predicted molar refractivity (Wildman–Crippen MR) is 73.8 cm³/mol. The monoisotopic (exact) mass is 263 g/mol. The zero-order chi connectivity index (χ0) is 13.8. The largest absolute Gasteiger partial charge is 0.383 e. The molecule has 5 heteroatoms. The fourth-order valence-electron chi connectivity index (χ4n) is 2.23. The molecule has 0 saturated carbocycles. The van der Waals surface area contributed by atoms with Crippen molar-refractivity contribution in [3.63, 3.8) is 0 Å². The predicted octanol–water partition coefficient (Wildman–Crippen LogP) is 0.885. The molecule has 1 saturated heterocycles. The van der Waals surface area contributed by atoms with Crippen LogP contribution < -0.4 is 5.73 Å². The summed E-state index contributed by atoms with van der Waals surface area (Å²) in [5.41, 5.74) is 6.54. The summed E-state index contributed by atoms with van der Waals surface area (Å²) in [7, 11) is 0. The Morgan fingerprint density at radius 2 is 2.42 bits per heavy atom. The third-order valence-electron chi connectivity index (χ3n) is 3.48. The maximum absolute atomic E-state index is 12.3. The molecule has 0 radical (unpaired) electrons. The Balaban J connectivity index is 1.98. The number of hydrogen-bond acceptors (Lipinski definition) is 5. The fourth-order valence-corrected chi connectivity index (χ4v) is 2.23. The number of carbonyl (C=O) groups is 1. The second kappa shape index (κ2) is 6.12. The van der Waals surface area contributed by atoms with E-state index in [1.807, 2.05) is 6.07 Å². The lowest BCUT2D eigenvalue weighted by Gasteiger charge is -2.34. The molecule has 0 spiro atoms. The van der Waals surface area contributed by atoms with Gasteiger partial charge in [0.2, 0.25) is 0 Å². The highest BCUT2D eigenvalue weighted by molar-refractivity contribution is 5.86. The minimum absolute atomic E-state index is 0.0741. The van der Waals surface area contributed by atoms with Crippen LogP contribution in [0, 0.1) is 0 Å². The van der Waals surface area contributed by atoms with Gasteiger partial charge in [-0.1, -0.05) is 6.07 Å². The van der Waals surface area contributed by atoms with E-state index in [2.05, 4.69) is 23.7 Å². The van der Waals surface area contributed by atoms with Crippen LogP contribution in [0.15, 0.2) is 18.3 Å². The Labute approximate surface area is 113 Å². The smallest absolute Gasteiger partial charge is 0.167 e. The Hall–Kier alpha value is -1.46. The molecule has 1 aliphatic heterocycles. The number of hydrogen-bond donors (Lipinski definition) is 1. The van der Waals surface area contributed by atoms with Crippen LogP contribution in [0.3, 0.4) is 0 Å². The van der Waals surface area contributed by atoms with Gasteiger partial charge in [-0.15, -0.1) is 0 Å². The average molecular weight is 263 g/mol. The molecule has 1 unspecified atom stereocenters. The van der Waals surface area contributed by atoms with E-state index in [0.717, 1.165) is 12.1 Å². The third-order valence-corrected chi connectivity index (χ3v) is 3.48. The number of aromatic nitrogens is 1.